The van der Waals surface area contributed by atoms with E-state index in [9.17, 15) is 4.39 Å². The second-order valence-corrected chi connectivity index (χ2v) is 5.17. The molecule has 0 radical (unpaired) electrons. The molecule has 0 spiro atoms. The normalized spacial score (nSPS) is 9.52. The van der Waals surface area contributed by atoms with Crippen LogP contribution in [0.5, 0.6) is 0 Å². The van der Waals surface area contributed by atoms with E-state index in [-0.39, 0.29) is 63.4 Å². The van der Waals surface area contributed by atoms with Gasteiger partial charge in [-0.2, -0.15) is 15.2 Å². The molecule has 0 N–H and O–H groups in total. The third kappa shape index (κ3) is 4.87. The molecule has 112 valence electrons. The van der Waals surface area contributed by atoms with Crippen molar-refractivity contribution in [1.82, 2.24) is 14.6 Å². The smallest absolute Gasteiger partial charge is 0.284 e. The van der Waals surface area contributed by atoms with E-state index in [0.29, 0.717) is 15.7 Å². The minimum absolute atomic E-state index is 0. The Hall–Kier alpha value is -0.734. The summed E-state index contributed by atoms with van der Waals surface area (Å²) in [5.41, 5.74) is 2.83. The largest absolute Gasteiger partial charge is 1.00 e. The summed E-state index contributed by atoms with van der Waals surface area (Å²) in [5, 5.41) is 4.08. The number of benzene rings is 1. The van der Waals surface area contributed by atoms with Crippen molar-refractivity contribution in [3.63, 3.8) is 0 Å². The first-order valence-corrected chi connectivity index (χ1v) is 7.10. The summed E-state index contributed by atoms with van der Waals surface area (Å²) in [6, 6.07) is 6.74. The molecule has 5 nitrogen and oxygen atoms in total. The maximum atomic E-state index is 13.9. The number of imidazole rings is 1. The summed E-state index contributed by atoms with van der Waals surface area (Å²) in [5.74, 6) is -0.306. The predicted octanol–water partition coefficient (Wildman–Crippen LogP) is 0.0810. The molecule has 2 heterocycles. The second-order valence-electron chi connectivity index (χ2n) is 4.25. The molecule has 0 atom stereocenters. The SMILES string of the molecule is CCc1c[c-]nn2cc(-c3ccc(Br)cc3F)nc12.O=C=O.[K+]. The average Bonchev–Trinajstić information content (AvgIpc) is 2.91. The average molecular weight is 402 g/mol. The summed E-state index contributed by atoms with van der Waals surface area (Å²) in [7, 11) is 0. The molecule has 3 rings (SSSR count). The summed E-state index contributed by atoms with van der Waals surface area (Å²) in [6.45, 7) is 2.04. The molecule has 3 aromatic rings. The minimum atomic E-state index is -0.306. The van der Waals surface area contributed by atoms with Crippen LogP contribution in [0.4, 0.5) is 4.39 Å². The Labute approximate surface area is 182 Å². The van der Waals surface area contributed by atoms with Crippen LogP contribution in [0.1, 0.15) is 12.5 Å². The van der Waals surface area contributed by atoms with E-state index in [2.05, 4.69) is 32.2 Å². The maximum Gasteiger partial charge on any atom is 1.00 e. The Morgan fingerprint density at radius 3 is 2.70 bits per heavy atom. The third-order valence-electron chi connectivity index (χ3n) is 2.97. The van der Waals surface area contributed by atoms with Crippen molar-refractivity contribution in [3.8, 4) is 11.3 Å². The van der Waals surface area contributed by atoms with Gasteiger partial charge in [0.2, 0.25) is 0 Å². The molecule has 0 amide bonds. The van der Waals surface area contributed by atoms with Crippen LogP contribution in [0.25, 0.3) is 16.9 Å². The van der Waals surface area contributed by atoms with Crippen molar-refractivity contribution in [2.24, 2.45) is 0 Å². The van der Waals surface area contributed by atoms with Crippen LogP contribution < -0.4 is 51.4 Å². The maximum absolute atomic E-state index is 13.9. The van der Waals surface area contributed by atoms with Gasteiger partial charge in [-0.3, -0.25) is 9.61 Å². The molecule has 2 aromatic heterocycles. The molecule has 0 aliphatic carbocycles. The fourth-order valence-corrected chi connectivity index (χ4v) is 2.32. The van der Waals surface area contributed by atoms with E-state index in [1.165, 1.54) is 6.07 Å². The van der Waals surface area contributed by atoms with Crippen LogP contribution >= 0.6 is 15.9 Å². The Morgan fingerprint density at radius 1 is 1.39 bits per heavy atom. The van der Waals surface area contributed by atoms with Crippen molar-refractivity contribution < 1.29 is 65.4 Å². The summed E-state index contributed by atoms with van der Waals surface area (Å²) >= 11 is 3.24. The van der Waals surface area contributed by atoms with Gasteiger partial charge in [0.05, 0.1) is 17.5 Å². The van der Waals surface area contributed by atoms with Crippen LogP contribution in [0.3, 0.4) is 0 Å². The van der Waals surface area contributed by atoms with Gasteiger partial charge in [-0.1, -0.05) is 29.3 Å². The van der Waals surface area contributed by atoms with Gasteiger partial charge in [0, 0.05) is 10.0 Å². The number of hydrogen-bond donors (Lipinski definition) is 0. The van der Waals surface area contributed by atoms with Crippen molar-refractivity contribution in [2.45, 2.75) is 13.3 Å². The Bertz CT molecular complexity index is 848. The first-order valence-electron chi connectivity index (χ1n) is 6.30. The van der Waals surface area contributed by atoms with Crippen LogP contribution in [0.2, 0.25) is 0 Å². The standard InChI is InChI=1S/C14H10BrFN3.CO2.K/c1-2-9-5-6-17-19-8-13(18-14(9)19)11-4-3-10(15)7-12(11)16;2-1-3;/h3-5,7-8H,2H2,1H3;;/q-1;;+1. The summed E-state index contributed by atoms with van der Waals surface area (Å²) < 4.78 is 16.3. The van der Waals surface area contributed by atoms with Crippen molar-refractivity contribution in [2.75, 3.05) is 0 Å². The van der Waals surface area contributed by atoms with Gasteiger partial charge in [0.25, 0.3) is 0 Å². The number of fused-ring (bicyclic) bond motifs is 1. The van der Waals surface area contributed by atoms with Crippen LogP contribution in [-0.2, 0) is 16.0 Å². The minimum Gasteiger partial charge on any atom is -0.284 e. The molecule has 8 heteroatoms. The van der Waals surface area contributed by atoms with Crippen LogP contribution in [0, 0.1) is 12.0 Å². The summed E-state index contributed by atoms with van der Waals surface area (Å²) in [4.78, 5) is 20.7. The number of carbonyl (C=O) groups excluding carboxylic acids is 2. The molecular formula is C15H10BrFKN3O2. The molecule has 0 saturated carbocycles. The van der Waals surface area contributed by atoms with Gasteiger partial charge in [-0.15, -0.1) is 6.20 Å². The van der Waals surface area contributed by atoms with Crippen molar-refractivity contribution >= 4 is 27.7 Å². The Kier molecular flexibility index (Phi) is 8.42. The number of aryl methyl sites for hydroxylation is 1. The van der Waals surface area contributed by atoms with E-state index in [0.717, 1.165) is 17.6 Å². The van der Waals surface area contributed by atoms with E-state index in [1.807, 2.05) is 13.0 Å². The second kappa shape index (κ2) is 9.54. The molecular weight excluding hydrogens is 392 g/mol. The predicted molar refractivity (Wildman–Crippen MR) is 79.3 cm³/mol. The molecule has 0 bridgehead atoms. The number of rotatable bonds is 2. The molecule has 0 fully saturated rings. The zero-order chi connectivity index (χ0) is 16.1. The molecule has 0 unspecified atom stereocenters. The van der Waals surface area contributed by atoms with E-state index in [1.54, 1.807) is 22.8 Å². The number of halogens is 2. The monoisotopic (exact) mass is 401 g/mol. The van der Waals surface area contributed by atoms with Gasteiger partial charge in [0.15, 0.2) is 0 Å². The van der Waals surface area contributed by atoms with Gasteiger partial charge in [-0.25, -0.2) is 15.4 Å². The molecule has 0 aliphatic rings. The van der Waals surface area contributed by atoms with Crippen LogP contribution in [0.15, 0.2) is 34.9 Å². The molecule has 0 aliphatic heterocycles. The topological polar surface area (TPSA) is 64.3 Å². The zero-order valence-corrected chi connectivity index (χ0v) is 17.2. The van der Waals surface area contributed by atoms with Crippen LogP contribution in [-0.4, -0.2) is 20.7 Å². The first kappa shape index (κ1) is 20.3. The van der Waals surface area contributed by atoms with Crippen molar-refractivity contribution in [1.29, 1.82) is 0 Å². The van der Waals surface area contributed by atoms with Gasteiger partial charge < -0.3 is 0 Å². The van der Waals surface area contributed by atoms with Crippen molar-refractivity contribution in [3.05, 3.63) is 52.5 Å². The number of nitrogens with zero attached hydrogens (tertiary/aromatic N) is 3. The fraction of sp³-hybridized carbons (Fsp3) is 0.133. The molecule has 0 saturated heterocycles. The number of aromatic nitrogens is 3. The Morgan fingerprint density at radius 2 is 2.09 bits per heavy atom. The Balaban J connectivity index is 0.000000615. The van der Waals surface area contributed by atoms with Gasteiger partial charge in [-0.05, 0) is 18.2 Å². The number of hydrogen-bond acceptors (Lipinski definition) is 4. The summed E-state index contributed by atoms with van der Waals surface area (Å²) in [6.07, 6.45) is 5.62. The van der Waals surface area contributed by atoms with E-state index in [4.69, 9.17) is 9.59 Å². The quantitative estimate of drug-likeness (QED) is 0.450. The van der Waals surface area contributed by atoms with E-state index >= 15 is 0 Å². The molecule has 23 heavy (non-hydrogen) atoms. The first-order chi connectivity index (χ1) is 10.6. The van der Waals surface area contributed by atoms with Gasteiger partial charge >= 0.3 is 57.5 Å². The molecule has 1 aromatic carbocycles. The third-order valence-corrected chi connectivity index (χ3v) is 3.46. The van der Waals surface area contributed by atoms with E-state index < -0.39 is 0 Å². The zero-order valence-electron chi connectivity index (χ0n) is 12.5. The fourth-order valence-electron chi connectivity index (χ4n) is 1.99. The van der Waals surface area contributed by atoms with Gasteiger partial charge in [0.1, 0.15) is 5.82 Å².